The summed E-state index contributed by atoms with van der Waals surface area (Å²) in [6.07, 6.45) is 1.38. The summed E-state index contributed by atoms with van der Waals surface area (Å²) in [5.74, 6) is -0.498. The highest BCUT2D eigenvalue weighted by Gasteiger charge is 2.33. The summed E-state index contributed by atoms with van der Waals surface area (Å²) in [5, 5.41) is 2.98. The summed E-state index contributed by atoms with van der Waals surface area (Å²) in [7, 11) is -3.78. The summed E-state index contributed by atoms with van der Waals surface area (Å²) >= 11 is 2.14. The van der Waals surface area contributed by atoms with E-state index >= 15 is 0 Å². The van der Waals surface area contributed by atoms with E-state index < -0.39 is 28.5 Å². The first-order valence-corrected chi connectivity index (χ1v) is 15.4. The molecule has 1 atom stereocenters. The molecular formula is C29H34IN3O4S. The molecule has 1 N–H and O–H groups in total. The molecule has 7 nitrogen and oxygen atoms in total. The second-order valence-corrected chi connectivity index (χ2v) is 12.8. The second-order valence-electron chi connectivity index (χ2n) is 9.60. The van der Waals surface area contributed by atoms with Crippen LogP contribution in [0.3, 0.4) is 0 Å². The van der Waals surface area contributed by atoms with E-state index in [1.165, 1.54) is 4.90 Å². The van der Waals surface area contributed by atoms with Crippen LogP contribution < -0.4 is 9.62 Å². The minimum atomic E-state index is -3.78. The van der Waals surface area contributed by atoms with E-state index in [0.29, 0.717) is 18.7 Å². The van der Waals surface area contributed by atoms with Crippen molar-refractivity contribution in [3.63, 3.8) is 0 Å². The van der Waals surface area contributed by atoms with Gasteiger partial charge in [-0.1, -0.05) is 74.5 Å². The molecule has 0 aliphatic carbocycles. The molecule has 202 valence electrons. The Labute approximate surface area is 239 Å². The van der Waals surface area contributed by atoms with Gasteiger partial charge in [0.2, 0.25) is 21.8 Å². The van der Waals surface area contributed by atoms with Gasteiger partial charge >= 0.3 is 0 Å². The lowest BCUT2D eigenvalue weighted by atomic mass is 10.0. The van der Waals surface area contributed by atoms with Crippen molar-refractivity contribution in [1.82, 2.24) is 10.2 Å². The van der Waals surface area contributed by atoms with Crippen molar-refractivity contribution < 1.29 is 18.0 Å². The minimum absolute atomic E-state index is 0.163. The molecule has 0 aliphatic rings. The summed E-state index contributed by atoms with van der Waals surface area (Å²) in [5.41, 5.74) is 2.14. The highest BCUT2D eigenvalue weighted by Crippen LogP contribution is 2.21. The Morgan fingerprint density at radius 3 is 1.95 bits per heavy atom. The third-order valence-electron chi connectivity index (χ3n) is 5.95. The van der Waals surface area contributed by atoms with Gasteiger partial charge < -0.3 is 10.2 Å². The molecule has 0 saturated carbocycles. The number of benzene rings is 3. The van der Waals surface area contributed by atoms with Crippen LogP contribution in [0.5, 0.6) is 0 Å². The number of halogens is 1. The van der Waals surface area contributed by atoms with Gasteiger partial charge in [0.25, 0.3) is 0 Å². The topological polar surface area (TPSA) is 86.8 Å². The van der Waals surface area contributed by atoms with Crippen LogP contribution >= 0.6 is 22.6 Å². The van der Waals surface area contributed by atoms with E-state index in [1.54, 1.807) is 24.3 Å². The normalized spacial score (nSPS) is 12.1. The fourth-order valence-electron chi connectivity index (χ4n) is 3.98. The number of rotatable bonds is 12. The Balaban J connectivity index is 2.01. The number of anilines is 1. The Bertz CT molecular complexity index is 1300. The van der Waals surface area contributed by atoms with Crippen molar-refractivity contribution in [3.8, 4) is 0 Å². The van der Waals surface area contributed by atoms with Crippen LogP contribution in [-0.4, -0.2) is 50.5 Å². The minimum Gasteiger partial charge on any atom is -0.354 e. The Kier molecular flexibility index (Phi) is 10.7. The van der Waals surface area contributed by atoms with Gasteiger partial charge in [0.1, 0.15) is 12.6 Å². The molecule has 0 aliphatic heterocycles. The molecule has 0 unspecified atom stereocenters. The zero-order chi connectivity index (χ0) is 27.7. The number of sulfonamides is 1. The lowest BCUT2D eigenvalue weighted by Crippen LogP contribution is -2.53. The number of hydrogen-bond acceptors (Lipinski definition) is 4. The number of carbonyl (C=O) groups excluding carboxylic acids is 2. The van der Waals surface area contributed by atoms with Gasteiger partial charge in [-0.25, -0.2) is 8.42 Å². The first-order chi connectivity index (χ1) is 18.0. The average molecular weight is 648 g/mol. The van der Waals surface area contributed by atoms with Crippen LogP contribution in [0.2, 0.25) is 0 Å². The predicted molar refractivity (Wildman–Crippen MR) is 160 cm³/mol. The molecule has 38 heavy (non-hydrogen) atoms. The van der Waals surface area contributed by atoms with Crippen LogP contribution in [0.25, 0.3) is 0 Å². The Hall–Kier alpha value is -2.92. The lowest BCUT2D eigenvalue weighted by molar-refractivity contribution is -0.140. The van der Waals surface area contributed by atoms with Gasteiger partial charge in [0.05, 0.1) is 11.9 Å². The fourth-order valence-corrected chi connectivity index (χ4v) is 5.19. The molecule has 0 bridgehead atoms. The highest BCUT2D eigenvalue weighted by molar-refractivity contribution is 14.1. The van der Waals surface area contributed by atoms with Crippen LogP contribution in [0.15, 0.2) is 84.9 Å². The number of amides is 2. The average Bonchev–Trinajstić information content (AvgIpc) is 2.89. The number of hydrogen-bond donors (Lipinski definition) is 1. The van der Waals surface area contributed by atoms with Gasteiger partial charge in [-0.05, 0) is 63.9 Å². The number of nitrogens with zero attached hydrogens (tertiary/aromatic N) is 2. The molecule has 0 heterocycles. The fraction of sp³-hybridized carbons (Fsp3) is 0.310. The van der Waals surface area contributed by atoms with Crippen molar-refractivity contribution in [1.29, 1.82) is 0 Å². The zero-order valence-electron chi connectivity index (χ0n) is 21.9. The highest BCUT2D eigenvalue weighted by atomic mass is 127. The molecule has 0 radical (unpaired) electrons. The molecule has 0 aromatic heterocycles. The summed E-state index contributed by atoms with van der Waals surface area (Å²) in [6, 6.07) is 25.0. The van der Waals surface area contributed by atoms with E-state index in [2.05, 4.69) is 27.9 Å². The monoisotopic (exact) mass is 647 g/mol. The lowest BCUT2D eigenvalue weighted by Gasteiger charge is -2.33. The molecule has 0 spiro atoms. The van der Waals surface area contributed by atoms with Gasteiger partial charge in [-0.2, -0.15) is 0 Å². The van der Waals surface area contributed by atoms with Crippen molar-refractivity contribution in [2.75, 3.05) is 23.7 Å². The maximum atomic E-state index is 14.0. The van der Waals surface area contributed by atoms with Gasteiger partial charge in [-0.15, -0.1) is 0 Å². The first-order valence-electron chi connectivity index (χ1n) is 12.4. The van der Waals surface area contributed by atoms with E-state index in [1.807, 2.05) is 74.5 Å². The SMILES string of the molecule is CC(C)CNC(=O)[C@H](Cc1ccccc1)N(Cc1ccccc1)C(=O)CN(c1ccc(I)cc1)S(C)(=O)=O. The standard InChI is InChI=1S/C29H34IN3O4S/c1-22(2)19-31-29(35)27(18-23-10-6-4-7-11-23)32(20-24-12-8-5-9-13-24)28(34)21-33(38(3,36)37)26-16-14-25(30)15-17-26/h4-17,22,27H,18-21H2,1-3H3,(H,31,35)/t27-/m0/s1. The maximum absolute atomic E-state index is 14.0. The van der Waals surface area contributed by atoms with Crippen LogP contribution in [-0.2, 0) is 32.6 Å². The second kappa shape index (κ2) is 13.7. The van der Waals surface area contributed by atoms with E-state index in [-0.39, 0.29) is 18.4 Å². The quantitative estimate of drug-likeness (QED) is 0.294. The molecule has 3 aromatic carbocycles. The van der Waals surface area contributed by atoms with Crippen LogP contribution in [0.4, 0.5) is 5.69 Å². The summed E-state index contributed by atoms with van der Waals surface area (Å²) in [6.45, 7) is 4.22. The van der Waals surface area contributed by atoms with Gasteiger partial charge in [0.15, 0.2) is 0 Å². The Morgan fingerprint density at radius 2 is 1.42 bits per heavy atom. The molecule has 0 saturated heterocycles. The van der Waals surface area contributed by atoms with Crippen LogP contribution in [0.1, 0.15) is 25.0 Å². The van der Waals surface area contributed by atoms with Crippen molar-refractivity contribution in [2.45, 2.75) is 32.9 Å². The molecule has 3 rings (SSSR count). The van der Waals surface area contributed by atoms with E-state index in [4.69, 9.17) is 0 Å². The third-order valence-corrected chi connectivity index (χ3v) is 7.80. The van der Waals surface area contributed by atoms with Crippen molar-refractivity contribution >= 4 is 50.1 Å². The third kappa shape index (κ3) is 8.83. The van der Waals surface area contributed by atoms with E-state index in [0.717, 1.165) is 25.3 Å². The molecule has 0 fully saturated rings. The first kappa shape index (κ1) is 29.6. The summed E-state index contributed by atoms with van der Waals surface area (Å²) < 4.78 is 27.6. The van der Waals surface area contributed by atoms with Crippen LogP contribution in [0, 0.1) is 9.49 Å². The maximum Gasteiger partial charge on any atom is 0.244 e. The van der Waals surface area contributed by atoms with Crippen molar-refractivity contribution in [3.05, 3.63) is 99.6 Å². The number of nitrogens with one attached hydrogen (secondary N) is 1. The van der Waals surface area contributed by atoms with Gasteiger partial charge in [-0.3, -0.25) is 13.9 Å². The number of carbonyl (C=O) groups is 2. The zero-order valence-corrected chi connectivity index (χ0v) is 24.9. The Morgan fingerprint density at radius 1 is 0.868 bits per heavy atom. The van der Waals surface area contributed by atoms with Gasteiger partial charge in [0, 0.05) is 23.1 Å². The largest absolute Gasteiger partial charge is 0.354 e. The molecule has 2 amide bonds. The smallest absolute Gasteiger partial charge is 0.244 e. The predicted octanol–water partition coefficient (Wildman–Crippen LogP) is 4.47. The molecule has 3 aromatic rings. The van der Waals surface area contributed by atoms with E-state index in [9.17, 15) is 18.0 Å². The van der Waals surface area contributed by atoms with Crippen molar-refractivity contribution in [2.24, 2.45) is 5.92 Å². The summed E-state index contributed by atoms with van der Waals surface area (Å²) in [4.78, 5) is 29.0. The molecule has 9 heteroatoms. The molecular weight excluding hydrogens is 613 g/mol.